The van der Waals surface area contributed by atoms with Crippen LogP contribution in [0.1, 0.15) is 44.1 Å². The fourth-order valence-corrected chi connectivity index (χ4v) is 3.28. The molecule has 2 aromatic carbocycles. The summed E-state index contributed by atoms with van der Waals surface area (Å²) in [4.78, 5) is 11.7. The molecule has 0 amide bonds. The Balaban J connectivity index is 1.75. The zero-order valence-corrected chi connectivity index (χ0v) is 15.2. The molecule has 0 bridgehead atoms. The van der Waals surface area contributed by atoms with Gasteiger partial charge in [-0.05, 0) is 70.9 Å². The summed E-state index contributed by atoms with van der Waals surface area (Å²) in [5.74, 6) is 0.0722. The smallest absolute Gasteiger partial charge is 0.310 e. The predicted octanol–water partition coefficient (Wildman–Crippen LogP) is 4.65. The van der Waals surface area contributed by atoms with Crippen LogP contribution < -0.4 is 4.74 Å². The first-order valence-corrected chi connectivity index (χ1v) is 9.38. The van der Waals surface area contributed by atoms with Crippen molar-refractivity contribution in [1.29, 1.82) is 0 Å². The fraction of sp³-hybridized carbons (Fsp3) is 0.381. The molecular formula is C21H22N2O4. The minimum Gasteiger partial charge on any atom is -0.493 e. The lowest BCUT2D eigenvalue weighted by molar-refractivity contribution is -0.139. The van der Waals surface area contributed by atoms with Crippen molar-refractivity contribution < 1.29 is 19.3 Å². The van der Waals surface area contributed by atoms with Crippen LogP contribution in [0, 0.1) is 5.92 Å². The molecule has 140 valence electrons. The molecule has 1 aliphatic carbocycles. The van der Waals surface area contributed by atoms with Crippen LogP contribution in [-0.4, -0.2) is 28.0 Å². The maximum Gasteiger partial charge on any atom is 0.310 e. The van der Waals surface area contributed by atoms with Crippen LogP contribution in [0.5, 0.6) is 5.75 Å². The molecule has 4 rings (SSSR count). The summed E-state index contributed by atoms with van der Waals surface area (Å²) >= 11 is 0. The third kappa shape index (κ3) is 3.79. The highest BCUT2D eigenvalue weighted by Gasteiger charge is 2.24. The average molecular weight is 366 g/mol. The lowest BCUT2D eigenvalue weighted by Gasteiger charge is -2.17. The SMILES string of the molecule is CCCC(C(=O)O)c1ccc(OCC2CC2)c(-c2ccc3nonc3c2)c1. The van der Waals surface area contributed by atoms with Crippen LogP contribution >= 0.6 is 0 Å². The normalized spacial score (nSPS) is 15.0. The number of carbonyl (C=O) groups is 1. The summed E-state index contributed by atoms with van der Waals surface area (Å²) in [5, 5.41) is 17.4. The number of hydrogen-bond donors (Lipinski definition) is 1. The number of fused-ring (bicyclic) bond motifs is 1. The van der Waals surface area contributed by atoms with Crippen molar-refractivity contribution in [2.75, 3.05) is 6.61 Å². The van der Waals surface area contributed by atoms with Crippen molar-refractivity contribution in [2.45, 2.75) is 38.5 Å². The van der Waals surface area contributed by atoms with Gasteiger partial charge in [-0.3, -0.25) is 4.79 Å². The van der Waals surface area contributed by atoms with E-state index in [9.17, 15) is 9.90 Å². The van der Waals surface area contributed by atoms with Crippen LogP contribution in [0.2, 0.25) is 0 Å². The van der Waals surface area contributed by atoms with E-state index in [-0.39, 0.29) is 0 Å². The zero-order valence-electron chi connectivity index (χ0n) is 15.2. The van der Waals surface area contributed by atoms with E-state index in [0.717, 1.165) is 28.9 Å². The second-order valence-corrected chi connectivity index (χ2v) is 7.16. The van der Waals surface area contributed by atoms with Gasteiger partial charge in [-0.2, -0.15) is 0 Å². The maximum absolute atomic E-state index is 11.7. The van der Waals surface area contributed by atoms with E-state index in [1.165, 1.54) is 12.8 Å². The van der Waals surface area contributed by atoms with Crippen LogP contribution in [0.3, 0.4) is 0 Å². The molecule has 1 fully saturated rings. The van der Waals surface area contributed by atoms with E-state index >= 15 is 0 Å². The minimum atomic E-state index is -0.800. The van der Waals surface area contributed by atoms with Crippen LogP contribution in [0.4, 0.5) is 0 Å². The third-order valence-electron chi connectivity index (χ3n) is 5.02. The molecule has 6 heteroatoms. The van der Waals surface area contributed by atoms with Gasteiger partial charge < -0.3 is 9.84 Å². The van der Waals surface area contributed by atoms with Gasteiger partial charge in [0.2, 0.25) is 0 Å². The van der Waals surface area contributed by atoms with Gasteiger partial charge in [-0.15, -0.1) is 0 Å². The highest BCUT2D eigenvalue weighted by atomic mass is 16.6. The van der Waals surface area contributed by atoms with E-state index in [1.54, 1.807) is 0 Å². The molecule has 6 nitrogen and oxygen atoms in total. The molecule has 1 saturated carbocycles. The first-order chi connectivity index (χ1) is 13.2. The Morgan fingerprint density at radius 2 is 2.04 bits per heavy atom. The lowest BCUT2D eigenvalue weighted by atomic mass is 9.91. The van der Waals surface area contributed by atoms with E-state index < -0.39 is 11.9 Å². The summed E-state index contributed by atoms with van der Waals surface area (Å²) in [5.41, 5.74) is 3.92. The minimum absolute atomic E-state index is 0.524. The van der Waals surface area contributed by atoms with Gasteiger partial charge in [0.15, 0.2) is 0 Å². The zero-order chi connectivity index (χ0) is 18.8. The Bertz CT molecular complexity index is 962. The molecule has 3 aromatic rings. The number of hydrogen-bond acceptors (Lipinski definition) is 5. The molecule has 1 aliphatic rings. The third-order valence-corrected chi connectivity index (χ3v) is 5.02. The van der Waals surface area contributed by atoms with E-state index in [4.69, 9.17) is 9.37 Å². The summed E-state index contributed by atoms with van der Waals surface area (Å²) in [6, 6.07) is 11.4. The average Bonchev–Trinajstić information content (AvgIpc) is 3.38. The van der Waals surface area contributed by atoms with Gasteiger partial charge in [-0.1, -0.05) is 25.5 Å². The van der Waals surface area contributed by atoms with E-state index in [2.05, 4.69) is 10.3 Å². The summed E-state index contributed by atoms with van der Waals surface area (Å²) in [7, 11) is 0. The van der Waals surface area contributed by atoms with Gasteiger partial charge in [-0.25, -0.2) is 4.63 Å². The molecule has 1 heterocycles. The van der Waals surface area contributed by atoms with Crippen LogP contribution in [0.15, 0.2) is 41.0 Å². The van der Waals surface area contributed by atoms with Crippen molar-refractivity contribution in [3.8, 4) is 16.9 Å². The van der Waals surface area contributed by atoms with Crippen molar-refractivity contribution in [3.05, 3.63) is 42.0 Å². The van der Waals surface area contributed by atoms with Crippen LogP contribution in [0.25, 0.3) is 22.2 Å². The fourth-order valence-electron chi connectivity index (χ4n) is 3.28. The molecule has 1 aromatic heterocycles. The molecule has 1 atom stereocenters. The maximum atomic E-state index is 11.7. The molecule has 0 spiro atoms. The number of aromatic nitrogens is 2. The van der Waals surface area contributed by atoms with Crippen molar-refractivity contribution in [2.24, 2.45) is 5.92 Å². The topological polar surface area (TPSA) is 85.5 Å². The Morgan fingerprint density at radius 1 is 1.22 bits per heavy atom. The standard InChI is InChI=1S/C21H22N2O4/c1-2-3-16(21(24)25)14-7-9-20(26-12-13-4-5-13)17(10-14)15-6-8-18-19(11-15)23-27-22-18/h6-11,13,16H,2-5,12H2,1H3,(H,24,25). The molecule has 0 radical (unpaired) electrons. The molecular weight excluding hydrogens is 344 g/mol. The molecule has 0 saturated heterocycles. The second kappa shape index (κ2) is 7.39. The number of benzene rings is 2. The summed E-state index contributed by atoms with van der Waals surface area (Å²) in [6.07, 6.45) is 3.83. The number of ether oxygens (including phenoxy) is 1. The first kappa shape index (κ1) is 17.5. The van der Waals surface area contributed by atoms with Gasteiger partial charge in [0.1, 0.15) is 16.8 Å². The second-order valence-electron chi connectivity index (χ2n) is 7.16. The monoisotopic (exact) mass is 366 g/mol. The number of aliphatic carboxylic acids is 1. The van der Waals surface area contributed by atoms with Crippen molar-refractivity contribution in [1.82, 2.24) is 10.3 Å². The molecule has 1 N–H and O–H groups in total. The predicted molar refractivity (Wildman–Crippen MR) is 101 cm³/mol. The Kier molecular flexibility index (Phi) is 4.79. The number of rotatable bonds is 8. The number of carboxylic acid groups (broad SMARTS) is 1. The molecule has 27 heavy (non-hydrogen) atoms. The Morgan fingerprint density at radius 3 is 2.78 bits per heavy atom. The number of carboxylic acids is 1. The Hall–Kier alpha value is -2.89. The highest BCUT2D eigenvalue weighted by Crippen LogP contribution is 2.37. The largest absolute Gasteiger partial charge is 0.493 e. The van der Waals surface area contributed by atoms with Crippen LogP contribution in [-0.2, 0) is 4.79 Å². The van der Waals surface area contributed by atoms with Gasteiger partial charge in [0.05, 0.1) is 12.5 Å². The van der Waals surface area contributed by atoms with E-state index in [0.29, 0.717) is 30.0 Å². The van der Waals surface area contributed by atoms with Gasteiger partial charge in [0, 0.05) is 5.56 Å². The first-order valence-electron chi connectivity index (χ1n) is 9.38. The Labute approximate surface area is 157 Å². The molecule has 1 unspecified atom stereocenters. The molecule has 0 aliphatic heterocycles. The summed E-state index contributed by atoms with van der Waals surface area (Å²) in [6.45, 7) is 2.69. The van der Waals surface area contributed by atoms with Gasteiger partial charge in [0.25, 0.3) is 0 Å². The van der Waals surface area contributed by atoms with E-state index in [1.807, 2.05) is 43.3 Å². The number of nitrogens with zero attached hydrogens (tertiary/aromatic N) is 2. The van der Waals surface area contributed by atoms with Crippen molar-refractivity contribution in [3.63, 3.8) is 0 Å². The highest BCUT2D eigenvalue weighted by molar-refractivity contribution is 5.84. The van der Waals surface area contributed by atoms with Crippen molar-refractivity contribution >= 4 is 17.0 Å². The quantitative estimate of drug-likeness (QED) is 0.625. The lowest BCUT2D eigenvalue weighted by Crippen LogP contribution is -2.11. The van der Waals surface area contributed by atoms with Gasteiger partial charge >= 0.3 is 5.97 Å². The summed E-state index contributed by atoms with van der Waals surface area (Å²) < 4.78 is 10.8.